The zero-order chi connectivity index (χ0) is 25.8. The van der Waals surface area contributed by atoms with Gasteiger partial charge < -0.3 is 14.9 Å². The number of benzene rings is 2. The van der Waals surface area contributed by atoms with E-state index in [1.54, 1.807) is 32.9 Å². The third-order valence-corrected chi connectivity index (χ3v) is 7.99. The summed E-state index contributed by atoms with van der Waals surface area (Å²) in [7, 11) is -1.90. The minimum absolute atomic E-state index is 0.0502. The van der Waals surface area contributed by atoms with Gasteiger partial charge in [0.15, 0.2) is 0 Å². The van der Waals surface area contributed by atoms with Gasteiger partial charge in [0.05, 0.1) is 6.61 Å². The molecule has 35 heavy (non-hydrogen) atoms. The molecule has 0 saturated carbocycles. The second-order valence-electron chi connectivity index (χ2n) is 9.89. The van der Waals surface area contributed by atoms with Crippen molar-refractivity contribution in [2.75, 3.05) is 26.7 Å². The fourth-order valence-corrected chi connectivity index (χ4v) is 5.84. The number of fused-ring (bicyclic) bond motifs is 1. The van der Waals surface area contributed by atoms with E-state index in [1.807, 2.05) is 32.2 Å². The first-order valence-electron chi connectivity index (χ1n) is 11.8. The molecule has 0 unspecified atom stereocenters. The number of sulfonamides is 1. The monoisotopic (exact) mass is 500 g/mol. The van der Waals surface area contributed by atoms with Crippen molar-refractivity contribution in [2.24, 2.45) is 5.92 Å². The molecule has 2 aromatic carbocycles. The lowest BCUT2D eigenvalue weighted by atomic mass is 10.0. The Hall–Kier alpha value is -2.41. The lowest BCUT2D eigenvalue weighted by Gasteiger charge is -2.37. The van der Waals surface area contributed by atoms with Crippen LogP contribution in [-0.2, 0) is 16.6 Å². The normalized spacial score (nSPS) is 21.1. The summed E-state index contributed by atoms with van der Waals surface area (Å²) in [6, 6.07) is 14.3. The van der Waals surface area contributed by atoms with Crippen molar-refractivity contribution in [3.05, 3.63) is 59.7 Å². The maximum absolute atomic E-state index is 13.6. The average molecular weight is 501 g/mol. The molecule has 0 saturated heterocycles. The molecule has 1 heterocycles. The second-order valence-corrected chi connectivity index (χ2v) is 11.8. The molecule has 0 spiro atoms. The van der Waals surface area contributed by atoms with Gasteiger partial charge in [-0.1, -0.05) is 49.1 Å². The van der Waals surface area contributed by atoms with Gasteiger partial charge in [0, 0.05) is 37.2 Å². The number of ether oxygens (including phenoxy) is 1. The van der Waals surface area contributed by atoms with Crippen LogP contribution in [0.2, 0.25) is 0 Å². The van der Waals surface area contributed by atoms with Crippen LogP contribution in [0.25, 0.3) is 0 Å². The van der Waals surface area contributed by atoms with Crippen molar-refractivity contribution in [3.63, 3.8) is 0 Å². The molecule has 1 aliphatic heterocycles. The molecule has 1 aliphatic rings. The van der Waals surface area contributed by atoms with Crippen LogP contribution in [0.1, 0.15) is 38.8 Å². The van der Waals surface area contributed by atoms with Gasteiger partial charge in [-0.2, -0.15) is 4.31 Å². The molecule has 0 aliphatic carbocycles. The van der Waals surface area contributed by atoms with Crippen LogP contribution in [0, 0.1) is 17.8 Å². The van der Waals surface area contributed by atoms with E-state index >= 15 is 0 Å². The van der Waals surface area contributed by atoms with Crippen LogP contribution in [0.4, 0.5) is 0 Å². The zero-order valence-electron chi connectivity index (χ0n) is 21.1. The minimum Gasteiger partial charge on any atom is -0.487 e. The molecule has 0 fully saturated rings. The molecular weight excluding hydrogens is 464 g/mol. The van der Waals surface area contributed by atoms with E-state index in [1.165, 1.54) is 15.9 Å². The minimum atomic E-state index is -3.91. The fourth-order valence-electron chi connectivity index (χ4n) is 4.01. The van der Waals surface area contributed by atoms with E-state index in [0.717, 1.165) is 6.54 Å². The van der Waals surface area contributed by atoms with Crippen molar-refractivity contribution in [3.8, 4) is 17.6 Å². The van der Waals surface area contributed by atoms with Crippen LogP contribution >= 0.6 is 0 Å². The first kappa shape index (κ1) is 27.2. The summed E-state index contributed by atoms with van der Waals surface area (Å²) in [6.07, 6.45) is -0.302. The lowest BCUT2D eigenvalue weighted by Crippen LogP contribution is -2.49. The molecule has 0 radical (unpaired) electrons. The van der Waals surface area contributed by atoms with Crippen LogP contribution in [-0.4, -0.2) is 72.3 Å². The Morgan fingerprint density at radius 2 is 1.91 bits per heavy atom. The Kier molecular flexibility index (Phi) is 8.63. The molecule has 3 atom stereocenters. The van der Waals surface area contributed by atoms with Crippen molar-refractivity contribution in [2.45, 2.75) is 56.9 Å². The van der Waals surface area contributed by atoms with Gasteiger partial charge in [0.2, 0.25) is 10.0 Å². The molecular formula is C27H36N2O5S. The SMILES string of the molecule is C[C@@H]1CN([C@H](C)CO)S(=O)(=O)c2ccc(C#CC(C)(C)O)cc2O[C@@H]1CN(C)Cc1ccccc1. The van der Waals surface area contributed by atoms with Crippen molar-refractivity contribution < 1.29 is 23.4 Å². The number of aliphatic hydroxyl groups excluding tert-OH is 1. The summed E-state index contributed by atoms with van der Waals surface area (Å²) in [4.78, 5) is 2.21. The third kappa shape index (κ3) is 7.06. The van der Waals surface area contributed by atoms with Crippen molar-refractivity contribution in [1.29, 1.82) is 0 Å². The van der Waals surface area contributed by atoms with Crippen LogP contribution < -0.4 is 4.74 Å². The van der Waals surface area contributed by atoms with E-state index < -0.39 is 21.7 Å². The summed E-state index contributed by atoms with van der Waals surface area (Å²) >= 11 is 0. The van der Waals surface area contributed by atoms with Crippen molar-refractivity contribution in [1.82, 2.24) is 9.21 Å². The highest BCUT2D eigenvalue weighted by atomic mass is 32.2. The molecule has 0 aromatic heterocycles. The van der Waals surface area contributed by atoms with E-state index in [2.05, 4.69) is 28.9 Å². The molecule has 3 rings (SSSR count). The van der Waals surface area contributed by atoms with Crippen LogP contribution in [0.15, 0.2) is 53.4 Å². The molecule has 0 amide bonds. The van der Waals surface area contributed by atoms with E-state index in [0.29, 0.717) is 12.1 Å². The molecule has 0 bridgehead atoms. The highest BCUT2D eigenvalue weighted by Crippen LogP contribution is 2.34. The predicted octanol–water partition coefficient (Wildman–Crippen LogP) is 2.71. The maximum atomic E-state index is 13.6. The van der Waals surface area contributed by atoms with Gasteiger partial charge in [-0.25, -0.2) is 8.42 Å². The van der Waals surface area contributed by atoms with E-state index in [4.69, 9.17) is 4.74 Å². The molecule has 190 valence electrons. The topological polar surface area (TPSA) is 90.3 Å². The highest BCUT2D eigenvalue weighted by molar-refractivity contribution is 7.89. The Morgan fingerprint density at radius 3 is 2.54 bits per heavy atom. The number of rotatable bonds is 6. The fraction of sp³-hybridized carbons (Fsp3) is 0.481. The number of aliphatic hydroxyl groups is 2. The predicted molar refractivity (Wildman–Crippen MR) is 136 cm³/mol. The smallest absolute Gasteiger partial charge is 0.247 e. The van der Waals surface area contributed by atoms with Gasteiger partial charge >= 0.3 is 0 Å². The maximum Gasteiger partial charge on any atom is 0.247 e. The highest BCUT2D eigenvalue weighted by Gasteiger charge is 2.38. The molecule has 8 heteroatoms. The first-order valence-corrected chi connectivity index (χ1v) is 13.3. The first-order chi connectivity index (χ1) is 16.4. The number of hydrogen-bond donors (Lipinski definition) is 2. The van der Waals surface area contributed by atoms with Gasteiger partial charge in [-0.3, -0.25) is 4.90 Å². The summed E-state index contributed by atoms with van der Waals surface area (Å²) < 4.78 is 34.9. The Labute approximate surface area is 209 Å². The Morgan fingerprint density at radius 1 is 1.23 bits per heavy atom. The summed E-state index contributed by atoms with van der Waals surface area (Å²) in [5, 5.41) is 19.8. The molecule has 7 nitrogen and oxygen atoms in total. The second kappa shape index (κ2) is 11.1. The van der Waals surface area contributed by atoms with Crippen molar-refractivity contribution >= 4 is 10.0 Å². The molecule has 2 N–H and O–H groups in total. The summed E-state index contributed by atoms with van der Waals surface area (Å²) in [5.41, 5.74) is 0.547. The number of nitrogens with zero attached hydrogens (tertiary/aromatic N) is 2. The standard InChI is InChI=1S/C27H36N2O5S/c1-20-16-29(21(2)19-30)35(32,33)26-12-11-22(13-14-27(3,4)31)15-24(26)34-25(20)18-28(5)17-23-9-7-6-8-10-23/h6-12,15,20-21,25,30-31H,16-19H2,1-5H3/t20-,21-,25-/m1/s1. The van der Waals surface area contributed by atoms with E-state index in [-0.39, 0.29) is 35.8 Å². The summed E-state index contributed by atoms with van der Waals surface area (Å²) in [6.45, 7) is 8.10. The Balaban J connectivity index is 2.00. The largest absolute Gasteiger partial charge is 0.487 e. The molecule has 2 aromatic rings. The summed E-state index contributed by atoms with van der Waals surface area (Å²) in [5.74, 6) is 5.75. The quantitative estimate of drug-likeness (QED) is 0.593. The number of likely N-dealkylation sites (N-methyl/N-ethyl adjacent to an activating group) is 1. The van der Waals surface area contributed by atoms with Gasteiger partial charge in [-0.05, 0) is 51.6 Å². The Bertz CT molecular complexity index is 1170. The van der Waals surface area contributed by atoms with Gasteiger partial charge in [-0.15, -0.1) is 0 Å². The van der Waals surface area contributed by atoms with Crippen LogP contribution in [0.5, 0.6) is 5.75 Å². The lowest BCUT2D eigenvalue weighted by molar-refractivity contribution is 0.0733. The van der Waals surface area contributed by atoms with E-state index in [9.17, 15) is 18.6 Å². The number of hydrogen-bond acceptors (Lipinski definition) is 6. The average Bonchev–Trinajstić information content (AvgIpc) is 2.79. The third-order valence-electron chi connectivity index (χ3n) is 5.97. The zero-order valence-corrected chi connectivity index (χ0v) is 21.9. The van der Waals surface area contributed by atoms with Gasteiger partial charge in [0.25, 0.3) is 0 Å². The van der Waals surface area contributed by atoms with Gasteiger partial charge in [0.1, 0.15) is 22.4 Å². The van der Waals surface area contributed by atoms with Crippen LogP contribution in [0.3, 0.4) is 0 Å².